The second-order valence-electron chi connectivity index (χ2n) is 6.03. The summed E-state index contributed by atoms with van der Waals surface area (Å²) >= 11 is 0. The lowest BCUT2D eigenvalue weighted by Gasteiger charge is -2.28. The van der Waals surface area contributed by atoms with Crippen molar-refractivity contribution in [3.8, 4) is 0 Å². The second kappa shape index (κ2) is 6.38. The van der Waals surface area contributed by atoms with E-state index in [0.717, 1.165) is 5.92 Å². The first-order chi connectivity index (χ1) is 8.70. The van der Waals surface area contributed by atoms with Crippen LogP contribution in [0.15, 0.2) is 24.3 Å². The van der Waals surface area contributed by atoms with Gasteiger partial charge < -0.3 is 5.73 Å². The highest BCUT2D eigenvalue weighted by Gasteiger charge is 2.22. The maximum Gasteiger partial charge on any atom is 0.00471 e. The van der Waals surface area contributed by atoms with E-state index in [1.54, 1.807) is 11.1 Å². The van der Waals surface area contributed by atoms with Gasteiger partial charge in [0, 0.05) is 6.04 Å². The van der Waals surface area contributed by atoms with Crippen molar-refractivity contribution in [2.45, 2.75) is 64.3 Å². The Hall–Kier alpha value is -0.820. The van der Waals surface area contributed by atoms with Crippen LogP contribution in [-0.2, 0) is 6.42 Å². The second-order valence-corrected chi connectivity index (χ2v) is 6.03. The molecule has 18 heavy (non-hydrogen) atoms. The molecule has 0 radical (unpaired) electrons. The lowest BCUT2D eigenvalue weighted by molar-refractivity contribution is 0.394. The lowest BCUT2D eigenvalue weighted by Crippen LogP contribution is -2.26. The van der Waals surface area contributed by atoms with Crippen LogP contribution in [0, 0.1) is 5.92 Å². The molecule has 1 heteroatoms. The average molecular weight is 245 g/mol. The molecular weight excluding hydrogens is 218 g/mol. The summed E-state index contributed by atoms with van der Waals surface area (Å²) in [5.41, 5.74) is 9.47. The minimum absolute atomic E-state index is 0.371. The fraction of sp³-hybridized carbons (Fsp3) is 0.647. The molecule has 100 valence electrons. The number of rotatable bonds is 5. The van der Waals surface area contributed by atoms with Gasteiger partial charge >= 0.3 is 0 Å². The summed E-state index contributed by atoms with van der Waals surface area (Å²) in [6.45, 7) is 4.57. The predicted octanol–water partition coefficient (Wildman–Crippen LogP) is 4.26. The van der Waals surface area contributed by atoms with Crippen molar-refractivity contribution in [3.63, 3.8) is 0 Å². The van der Waals surface area contributed by atoms with Crippen LogP contribution in [0.3, 0.4) is 0 Å². The molecule has 0 saturated heterocycles. The highest BCUT2D eigenvalue weighted by molar-refractivity contribution is 5.32. The van der Waals surface area contributed by atoms with E-state index in [4.69, 9.17) is 5.73 Å². The summed E-state index contributed by atoms with van der Waals surface area (Å²) in [7, 11) is 0. The summed E-state index contributed by atoms with van der Waals surface area (Å²) in [5, 5.41) is 0. The summed E-state index contributed by atoms with van der Waals surface area (Å²) in [5.74, 6) is 1.47. The van der Waals surface area contributed by atoms with Gasteiger partial charge in [0.2, 0.25) is 0 Å². The molecule has 1 nitrogen and oxygen atoms in total. The molecule has 1 aliphatic carbocycles. The minimum Gasteiger partial charge on any atom is -0.328 e. The topological polar surface area (TPSA) is 26.0 Å². The molecule has 3 atom stereocenters. The zero-order chi connectivity index (χ0) is 13.0. The Morgan fingerprint density at radius 1 is 1.33 bits per heavy atom. The third-order valence-electron chi connectivity index (χ3n) is 4.48. The number of hydrogen-bond donors (Lipinski definition) is 1. The molecule has 0 aliphatic heterocycles. The zero-order valence-corrected chi connectivity index (χ0v) is 11.9. The third-order valence-corrected chi connectivity index (χ3v) is 4.48. The van der Waals surface area contributed by atoms with Gasteiger partial charge in [0.05, 0.1) is 0 Å². The molecule has 2 rings (SSSR count). The molecule has 1 aromatic rings. The molecule has 0 amide bonds. The van der Waals surface area contributed by atoms with Gasteiger partial charge in [0.1, 0.15) is 0 Å². The Morgan fingerprint density at radius 3 is 2.89 bits per heavy atom. The van der Waals surface area contributed by atoms with E-state index in [1.165, 1.54) is 38.5 Å². The molecule has 1 aliphatic rings. The Bertz CT molecular complexity index is 372. The van der Waals surface area contributed by atoms with Crippen LogP contribution < -0.4 is 5.73 Å². The van der Waals surface area contributed by atoms with E-state index in [2.05, 4.69) is 38.1 Å². The van der Waals surface area contributed by atoms with Crippen molar-refractivity contribution in [2.24, 2.45) is 11.7 Å². The first kappa shape index (κ1) is 13.6. The van der Waals surface area contributed by atoms with Gasteiger partial charge in [0.15, 0.2) is 0 Å². The quantitative estimate of drug-likeness (QED) is 0.824. The molecule has 3 unspecified atom stereocenters. The molecule has 0 saturated carbocycles. The van der Waals surface area contributed by atoms with Crippen LogP contribution in [0.25, 0.3) is 0 Å². The molecule has 0 heterocycles. The SMILES string of the molecule is CCC(C)CC(N)CC1CCCc2ccccc21. The lowest BCUT2D eigenvalue weighted by atomic mass is 9.78. The Balaban J connectivity index is 1.98. The summed E-state index contributed by atoms with van der Waals surface area (Å²) < 4.78 is 0. The monoisotopic (exact) mass is 245 g/mol. The van der Waals surface area contributed by atoms with E-state index in [-0.39, 0.29) is 0 Å². The molecule has 0 aromatic heterocycles. The van der Waals surface area contributed by atoms with Crippen LogP contribution in [-0.4, -0.2) is 6.04 Å². The number of nitrogens with two attached hydrogens (primary N) is 1. The van der Waals surface area contributed by atoms with E-state index in [1.807, 2.05) is 0 Å². The van der Waals surface area contributed by atoms with Crippen LogP contribution in [0.5, 0.6) is 0 Å². The smallest absolute Gasteiger partial charge is 0.00471 e. The Kier molecular flexibility index (Phi) is 4.82. The average Bonchev–Trinajstić information content (AvgIpc) is 2.39. The predicted molar refractivity (Wildman–Crippen MR) is 78.8 cm³/mol. The van der Waals surface area contributed by atoms with Gasteiger partial charge in [0.25, 0.3) is 0 Å². The van der Waals surface area contributed by atoms with E-state index < -0.39 is 0 Å². The zero-order valence-electron chi connectivity index (χ0n) is 11.9. The summed E-state index contributed by atoms with van der Waals surface area (Å²) in [4.78, 5) is 0. The molecule has 0 fully saturated rings. The first-order valence-corrected chi connectivity index (χ1v) is 7.54. The van der Waals surface area contributed by atoms with Crippen molar-refractivity contribution in [1.29, 1.82) is 0 Å². The molecule has 2 N–H and O–H groups in total. The van der Waals surface area contributed by atoms with Crippen molar-refractivity contribution < 1.29 is 0 Å². The standard InChI is InChI=1S/C17H27N/c1-3-13(2)11-16(18)12-15-9-6-8-14-7-4-5-10-17(14)15/h4-5,7,10,13,15-16H,3,6,8-9,11-12,18H2,1-2H3. The molecular formula is C17H27N. The van der Waals surface area contributed by atoms with Gasteiger partial charge in [-0.3, -0.25) is 0 Å². The van der Waals surface area contributed by atoms with Crippen molar-refractivity contribution in [3.05, 3.63) is 35.4 Å². The minimum atomic E-state index is 0.371. The number of aryl methyl sites for hydroxylation is 1. The fourth-order valence-electron chi connectivity index (χ4n) is 3.24. The molecule has 0 spiro atoms. The number of hydrogen-bond acceptors (Lipinski definition) is 1. The summed E-state index contributed by atoms with van der Waals surface area (Å²) in [6, 6.07) is 9.32. The highest BCUT2D eigenvalue weighted by atomic mass is 14.6. The van der Waals surface area contributed by atoms with Crippen LogP contribution in [0.1, 0.15) is 63.0 Å². The van der Waals surface area contributed by atoms with Gasteiger partial charge in [-0.25, -0.2) is 0 Å². The largest absolute Gasteiger partial charge is 0.328 e. The van der Waals surface area contributed by atoms with E-state index in [9.17, 15) is 0 Å². The van der Waals surface area contributed by atoms with Crippen LogP contribution in [0.4, 0.5) is 0 Å². The summed E-state index contributed by atoms with van der Waals surface area (Å²) in [6.07, 6.45) is 7.50. The fourth-order valence-corrected chi connectivity index (χ4v) is 3.24. The first-order valence-electron chi connectivity index (χ1n) is 7.54. The molecule has 1 aromatic carbocycles. The van der Waals surface area contributed by atoms with Gasteiger partial charge in [-0.15, -0.1) is 0 Å². The Morgan fingerprint density at radius 2 is 2.11 bits per heavy atom. The maximum absolute atomic E-state index is 6.34. The molecule has 0 bridgehead atoms. The maximum atomic E-state index is 6.34. The van der Waals surface area contributed by atoms with Crippen LogP contribution in [0.2, 0.25) is 0 Å². The Labute approximate surface area is 112 Å². The number of benzene rings is 1. The van der Waals surface area contributed by atoms with Gasteiger partial charge in [-0.2, -0.15) is 0 Å². The van der Waals surface area contributed by atoms with Gasteiger partial charge in [-0.05, 0) is 55.1 Å². The van der Waals surface area contributed by atoms with E-state index in [0.29, 0.717) is 12.0 Å². The number of fused-ring (bicyclic) bond motifs is 1. The van der Waals surface area contributed by atoms with Crippen molar-refractivity contribution in [1.82, 2.24) is 0 Å². The third kappa shape index (κ3) is 3.35. The van der Waals surface area contributed by atoms with Crippen molar-refractivity contribution >= 4 is 0 Å². The van der Waals surface area contributed by atoms with Crippen molar-refractivity contribution in [2.75, 3.05) is 0 Å². The highest BCUT2D eigenvalue weighted by Crippen LogP contribution is 2.35. The van der Waals surface area contributed by atoms with E-state index >= 15 is 0 Å². The van der Waals surface area contributed by atoms with Crippen LogP contribution >= 0.6 is 0 Å². The normalized spacial score (nSPS) is 22.3. The van der Waals surface area contributed by atoms with Gasteiger partial charge in [-0.1, -0.05) is 44.5 Å².